The van der Waals surface area contributed by atoms with Gasteiger partial charge in [0.05, 0.1) is 6.42 Å². The third kappa shape index (κ3) is 3.05. The van der Waals surface area contributed by atoms with E-state index in [1.165, 1.54) is 0 Å². The average Bonchev–Trinajstić information content (AvgIpc) is 2.76. The van der Waals surface area contributed by atoms with Crippen LogP contribution in [0.5, 0.6) is 0 Å². The third-order valence-electron chi connectivity index (χ3n) is 3.59. The SMILES string of the molecule is NC(Cc1cccc(Cl)c1)c1cc2c(cc1Cl)NC(=O)C2. The van der Waals surface area contributed by atoms with Crippen LogP contribution in [0.1, 0.15) is 22.7 Å². The lowest BCUT2D eigenvalue weighted by Crippen LogP contribution is -2.14. The minimum absolute atomic E-state index is 0.0124. The zero-order valence-corrected chi connectivity index (χ0v) is 12.7. The maximum Gasteiger partial charge on any atom is 0.228 e. The Kier molecular flexibility index (Phi) is 3.89. The van der Waals surface area contributed by atoms with Gasteiger partial charge in [0.2, 0.25) is 5.91 Å². The molecule has 5 heteroatoms. The molecule has 0 saturated heterocycles. The van der Waals surface area contributed by atoms with E-state index in [0.717, 1.165) is 22.4 Å². The van der Waals surface area contributed by atoms with Crippen molar-refractivity contribution in [2.24, 2.45) is 5.73 Å². The highest BCUT2D eigenvalue weighted by molar-refractivity contribution is 6.32. The predicted molar refractivity (Wildman–Crippen MR) is 85.9 cm³/mol. The van der Waals surface area contributed by atoms with Crippen LogP contribution in [0.25, 0.3) is 0 Å². The van der Waals surface area contributed by atoms with Crippen molar-refractivity contribution < 1.29 is 4.79 Å². The van der Waals surface area contributed by atoms with Crippen LogP contribution in [-0.2, 0) is 17.6 Å². The van der Waals surface area contributed by atoms with E-state index in [-0.39, 0.29) is 11.9 Å². The Balaban J connectivity index is 1.87. The second kappa shape index (κ2) is 5.68. The molecule has 0 radical (unpaired) electrons. The summed E-state index contributed by atoms with van der Waals surface area (Å²) in [4.78, 5) is 11.4. The fraction of sp³-hybridized carbons (Fsp3) is 0.188. The number of halogens is 2. The van der Waals surface area contributed by atoms with E-state index in [0.29, 0.717) is 22.9 Å². The number of benzene rings is 2. The number of fused-ring (bicyclic) bond motifs is 1. The smallest absolute Gasteiger partial charge is 0.228 e. The van der Waals surface area contributed by atoms with Crippen molar-refractivity contribution in [2.75, 3.05) is 5.32 Å². The number of rotatable bonds is 3. The van der Waals surface area contributed by atoms with E-state index >= 15 is 0 Å². The normalized spacial score (nSPS) is 14.7. The van der Waals surface area contributed by atoms with Crippen LogP contribution < -0.4 is 11.1 Å². The number of carbonyl (C=O) groups is 1. The first-order chi connectivity index (χ1) is 10.0. The number of hydrogen-bond acceptors (Lipinski definition) is 2. The minimum Gasteiger partial charge on any atom is -0.325 e. The maximum atomic E-state index is 11.4. The molecule has 3 rings (SSSR count). The summed E-state index contributed by atoms with van der Waals surface area (Å²) >= 11 is 12.3. The van der Waals surface area contributed by atoms with Gasteiger partial charge in [-0.1, -0.05) is 41.4 Å². The maximum absolute atomic E-state index is 11.4. The fourth-order valence-electron chi connectivity index (χ4n) is 2.58. The summed E-state index contributed by atoms with van der Waals surface area (Å²) in [6, 6.07) is 11.1. The van der Waals surface area contributed by atoms with Gasteiger partial charge in [-0.15, -0.1) is 0 Å². The van der Waals surface area contributed by atoms with Gasteiger partial charge in [-0.05, 0) is 41.3 Å². The lowest BCUT2D eigenvalue weighted by atomic mass is 9.97. The first kappa shape index (κ1) is 14.4. The van der Waals surface area contributed by atoms with Crippen molar-refractivity contribution >= 4 is 34.8 Å². The van der Waals surface area contributed by atoms with Crippen molar-refractivity contribution in [3.8, 4) is 0 Å². The average molecular weight is 321 g/mol. The molecule has 1 amide bonds. The molecule has 2 aromatic carbocycles. The van der Waals surface area contributed by atoms with Crippen LogP contribution in [0, 0.1) is 0 Å². The van der Waals surface area contributed by atoms with Crippen molar-refractivity contribution in [1.29, 1.82) is 0 Å². The Morgan fingerprint density at radius 3 is 2.81 bits per heavy atom. The predicted octanol–water partition coefficient (Wildman–Crippen LogP) is 3.73. The van der Waals surface area contributed by atoms with E-state index < -0.39 is 0 Å². The highest BCUT2D eigenvalue weighted by Gasteiger charge is 2.21. The van der Waals surface area contributed by atoms with Crippen molar-refractivity contribution in [3.05, 3.63) is 63.1 Å². The third-order valence-corrected chi connectivity index (χ3v) is 4.15. The molecular weight excluding hydrogens is 307 g/mol. The number of anilines is 1. The summed E-state index contributed by atoms with van der Waals surface area (Å²) in [5, 5.41) is 4.04. The largest absolute Gasteiger partial charge is 0.325 e. The molecule has 1 aliphatic rings. The fourth-order valence-corrected chi connectivity index (χ4v) is 3.10. The van der Waals surface area contributed by atoms with Gasteiger partial charge >= 0.3 is 0 Å². The van der Waals surface area contributed by atoms with Crippen LogP contribution >= 0.6 is 23.2 Å². The Bertz CT molecular complexity index is 715. The van der Waals surface area contributed by atoms with E-state index in [1.54, 1.807) is 6.07 Å². The van der Waals surface area contributed by atoms with Crippen LogP contribution in [0.4, 0.5) is 5.69 Å². The van der Waals surface area contributed by atoms with Gasteiger partial charge in [-0.25, -0.2) is 0 Å². The number of hydrogen-bond donors (Lipinski definition) is 2. The second-order valence-corrected chi connectivity index (χ2v) is 6.04. The van der Waals surface area contributed by atoms with E-state index in [2.05, 4.69) is 5.32 Å². The molecule has 3 nitrogen and oxygen atoms in total. The van der Waals surface area contributed by atoms with Crippen LogP contribution in [0.3, 0.4) is 0 Å². The first-order valence-corrected chi connectivity index (χ1v) is 7.41. The van der Waals surface area contributed by atoms with Gasteiger partial charge in [0, 0.05) is 21.8 Å². The van der Waals surface area contributed by atoms with E-state index in [1.807, 2.05) is 30.3 Å². The highest BCUT2D eigenvalue weighted by Crippen LogP contribution is 2.33. The summed E-state index contributed by atoms with van der Waals surface area (Å²) in [6.07, 6.45) is 1.02. The van der Waals surface area contributed by atoms with Crippen molar-refractivity contribution in [2.45, 2.75) is 18.9 Å². The molecule has 0 aliphatic carbocycles. The van der Waals surface area contributed by atoms with Gasteiger partial charge < -0.3 is 11.1 Å². The molecule has 21 heavy (non-hydrogen) atoms. The van der Waals surface area contributed by atoms with E-state index in [4.69, 9.17) is 28.9 Å². The second-order valence-electron chi connectivity index (χ2n) is 5.20. The monoisotopic (exact) mass is 320 g/mol. The van der Waals surface area contributed by atoms with Gasteiger partial charge in [0.1, 0.15) is 0 Å². The van der Waals surface area contributed by atoms with E-state index in [9.17, 15) is 4.79 Å². The molecule has 0 spiro atoms. The topological polar surface area (TPSA) is 55.1 Å². The zero-order chi connectivity index (χ0) is 15.0. The van der Waals surface area contributed by atoms with Crippen LogP contribution in [0.15, 0.2) is 36.4 Å². The molecular formula is C16H14Cl2N2O. The van der Waals surface area contributed by atoms with Gasteiger partial charge in [-0.2, -0.15) is 0 Å². The lowest BCUT2D eigenvalue weighted by molar-refractivity contribution is -0.115. The molecule has 3 N–H and O–H groups in total. The molecule has 1 aliphatic heterocycles. The molecule has 0 fully saturated rings. The summed E-state index contributed by atoms with van der Waals surface area (Å²) in [5.74, 6) is -0.0124. The van der Waals surface area contributed by atoms with Crippen LogP contribution in [-0.4, -0.2) is 5.91 Å². The molecule has 0 bridgehead atoms. The molecule has 1 unspecified atom stereocenters. The summed E-state index contributed by atoms with van der Waals surface area (Å²) < 4.78 is 0. The summed E-state index contributed by atoms with van der Waals surface area (Å²) in [5.41, 5.74) is 9.91. The Labute approximate surface area is 133 Å². The van der Waals surface area contributed by atoms with Gasteiger partial charge in [0.25, 0.3) is 0 Å². The standard InChI is InChI=1S/C16H14Cl2N2O/c17-11-3-1-2-9(4-11)5-14(19)12-6-10-7-16(21)20-15(10)8-13(12)18/h1-4,6,8,14H,5,7,19H2,(H,20,21). The molecule has 1 heterocycles. The Morgan fingerprint density at radius 1 is 1.24 bits per heavy atom. The first-order valence-electron chi connectivity index (χ1n) is 6.65. The summed E-state index contributed by atoms with van der Waals surface area (Å²) in [7, 11) is 0. The van der Waals surface area contributed by atoms with Gasteiger partial charge in [0.15, 0.2) is 0 Å². The van der Waals surface area contributed by atoms with Crippen LogP contribution in [0.2, 0.25) is 10.0 Å². The quantitative estimate of drug-likeness (QED) is 0.905. The Morgan fingerprint density at radius 2 is 2.05 bits per heavy atom. The van der Waals surface area contributed by atoms with Crippen molar-refractivity contribution in [1.82, 2.24) is 0 Å². The van der Waals surface area contributed by atoms with Gasteiger partial charge in [-0.3, -0.25) is 4.79 Å². The molecule has 108 valence electrons. The number of nitrogens with one attached hydrogen (secondary N) is 1. The lowest BCUT2D eigenvalue weighted by Gasteiger charge is -2.15. The molecule has 2 aromatic rings. The highest BCUT2D eigenvalue weighted by atomic mass is 35.5. The minimum atomic E-state index is -0.239. The molecule has 0 saturated carbocycles. The molecule has 1 atom stereocenters. The zero-order valence-electron chi connectivity index (χ0n) is 11.2. The Hall–Kier alpha value is -1.55. The summed E-state index contributed by atoms with van der Waals surface area (Å²) in [6.45, 7) is 0. The molecule has 0 aromatic heterocycles. The van der Waals surface area contributed by atoms with Crippen molar-refractivity contribution in [3.63, 3.8) is 0 Å². The number of nitrogens with two attached hydrogens (primary N) is 1. The number of amides is 1. The number of carbonyl (C=O) groups excluding carboxylic acids is 1.